The molecule has 1 aromatic heterocycles. The van der Waals surface area contributed by atoms with E-state index in [1.54, 1.807) is 0 Å². The zero-order chi connectivity index (χ0) is 16.9. The number of aryl methyl sites for hydroxylation is 1. The Morgan fingerprint density at radius 2 is 1.58 bits per heavy atom. The minimum absolute atomic E-state index is 0.750. The van der Waals surface area contributed by atoms with Crippen LogP contribution in [-0.2, 0) is 6.54 Å². The number of fused-ring (bicyclic) bond motifs is 3. The Kier molecular flexibility index (Phi) is 5.93. The molecule has 0 radical (unpaired) electrons. The molecular formula is C21H24INO. The lowest BCUT2D eigenvalue weighted by Crippen LogP contribution is -1.98. The van der Waals surface area contributed by atoms with Crippen molar-refractivity contribution in [2.24, 2.45) is 0 Å². The number of nitrogens with zero attached hydrogens (tertiary/aromatic N) is 1. The maximum Gasteiger partial charge on any atom is 0.150 e. The van der Waals surface area contributed by atoms with E-state index in [1.165, 1.54) is 63.9 Å². The van der Waals surface area contributed by atoms with E-state index in [0.717, 1.165) is 18.4 Å². The lowest BCUT2D eigenvalue weighted by molar-refractivity contribution is 0.112. The van der Waals surface area contributed by atoms with Gasteiger partial charge in [0, 0.05) is 37.5 Å². The molecule has 2 aromatic carbocycles. The molecular weight excluding hydrogens is 409 g/mol. The molecule has 0 aliphatic carbocycles. The maximum absolute atomic E-state index is 11.1. The quantitative estimate of drug-likeness (QED) is 0.224. The van der Waals surface area contributed by atoms with Crippen LogP contribution in [0.4, 0.5) is 0 Å². The van der Waals surface area contributed by atoms with Gasteiger partial charge in [-0.3, -0.25) is 4.79 Å². The Bertz CT molecular complexity index is 850. The summed E-state index contributed by atoms with van der Waals surface area (Å²) < 4.78 is 3.66. The lowest BCUT2D eigenvalue weighted by Gasteiger charge is -2.08. The number of unbranched alkanes of at least 4 members (excludes halogenated alkanes) is 5. The van der Waals surface area contributed by atoms with Gasteiger partial charge in [0.25, 0.3) is 0 Å². The summed E-state index contributed by atoms with van der Waals surface area (Å²) in [6.07, 6.45) is 8.77. The van der Waals surface area contributed by atoms with Crippen molar-refractivity contribution >= 4 is 50.7 Å². The highest BCUT2D eigenvalue weighted by molar-refractivity contribution is 14.1. The van der Waals surface area contributed by atoms with Crippen molar-refractivity contribution in [1.82, 2.24) is 4.57 Å². The fourth-order valence-electron chi connectivity index (χ4n) is 3.46. The van der Waals surface area contributed by atoms with Gasteiger partial charge in [-0.1, -0.05) is 39.0 Å². The molecule has 0 unspecified atom stereocenters. The molecule has 1 heterocycles. The van der Waals surface area contributed by atoms with Crippen LogP contribution in [-0.4, -0.2) is 10.9 Å². The fraction of sp³-hybridized carbons (Fsp3) is 0.381. The smallest absolute Gasteiger partial charge is 0.150 e. The first-order valence-electron chi connectivity index (χ1n) is 8.91. The molecule has 0 saturated carbocycles. The summed E-state index contributed by atoms with van der Waals surface area (Å²) >= 11 is 2.36. The average molecular weight is 433 g/mol. The van der Waals surface area contributed by atoms with Gasteiger partial charge in [-0.05, 0) is 65.4 Å². The number of carbonyl (C=O) groups excluding carboxylic acids is 1. The second-order valence-corrected chi connectivity index (χ2v) is 7.72. The molecule has 0 bridgehead atoms. The average Bonchev–Trinajstić information content (AvgIpc) is 2.90. The first kappa shape index (κ1) is 17.5. The monoisotopic (exact) mass is 433 g/mol. The molecule has 0 spiro atoms. The summed E-state index contributed by atoms with van der Waals surface area (Å²) in [5, 5.41) is 2.45. The van der Waals surface area contributed by atoms with E-state index in [-0.39, 0.29) is 0 Å². The molecule has 3 rings (SSSR count). The Labute approximate surface area is 157 Å². The SMILES string of the molecule is CCCCCCCCn1c2ccc(I)cc2c2cc(C=O)ccc21. The number of hydrogen-bond donors (Lipinski definition) is 0. The zero-order valence-corrected chi connectivity index (χ0v) is 16.4. The van der Waals surface area contributed by atoms with Crippen LogP contribution in [0.2, 0.25) is 0 Å². The van der Waals surface area contributed by atoms with Crippen molar-refractivity contribution in [3.05, 3.63) is 45.5 Å². The van der Waals surface area contributed by atoms with Gasteiger partial charge in [0.05, 0.1) is 0 Å². The predicted octanol–water partition coefficient (Wildman–Crippen LogP) is 6.57. The van der Waals surface area contributed by atoms with E-state index < -0.39 is 0 Å². The molecule has 0 saturated heterocycles. The van der Waals surface area contributed by atoms with Crippen LogP contribution in [0.25, 0.3) is 21.8 Å². The summed E-state index contributed by atoms with van der Waals surface area (Å²) in [5.74, 6) is 0. The second kappa shape index (κ2) is 8.15. The molecule has 24 heavy (non-hydrogen) atoms. The fourth-order valence-corrected chi connectivity index (χ4v) is 3.95. The highest BCUT2D eigenvalue weighted by Gasteiger charge is 2.11. The van der Waals surface area contributed by atoms with Crippen molar-refractivity contribution in [2.45, 2.75) is 52.0 Å². The van der Waals surface area contributed by atoms with Gasteiger partial charge in [-0.25, -0.2) is 0 Å². The summed E-state index contributed by atoms with van der Waals surface area (Å²) in [7, 11) is 0. The Balaban J connectivity index is 1.91. The van der Waals surface area contributed by atoms with Crippen molar-refractivity contribution < 1.29 is 4.79 Å². The summed E-state index contributed by atoms with van der Waals surface area (Å²) in [6.45, 7) is 3.31. The van der Waals surface area contributed by atoms with Gasteiger partial charge in [-0.2, -0.15) is 0 Å². The maximum atomic E-state index is 11.1. The standard InChI is InChI=1S/C21H24INO/c1-2-3-4-5-6-7-12-23-20-10-8-16(15-24)13-18(20)19-14-17(22)9-11-21(19)23/h8-11,13-15H,2-7,12H2,1H3. The molecule has 0 fully saturated rings. The van der Waals surface area contributed by atoms with Gasteiger partial charge in [0.2, 0.25) is 0 Å². The molecule has 3 aromatic rings. The summed E-state index contributed by atoms with van der Waals surface area (Å²) in [6, 6.07) is 12.7. The molecule has 0 atom stereocenters. The molecule has 0 aliphatic rings. The molecule has 0 aliphatic heterocycles. The zero-order valence-electron chi connectivity index (χ0n) is 14.2. The van der Waals surface area contributed by atoms with Crippen molar-refractivity contribution in [3.8, 4) is 0 Å². The topological polar surface area (TPSA) is 22.0 Å². The molecule has 0 N–H and O–H groups in total. The lowest BCUT2D eigenvalue weighted by atomic mass is 10.1. The van der Waals surface area contributed by atoms with Crippen LogP contribution in [0.3, 0.4) is 0 Å². The van der Waals surface area contributed by atoms with E-state index in [9.17, 15) is 4.79 Å². The molecule has 0 amide bonds. The normalized spacial score (nSPS) is 11.4. The largest absolute Gasteiger partial charge is 0.340 e. The van der Waals surface area contributed by atoms with Crippen molar-refractivity contribution in [3.63, 3.8) is 0 Å². The van der Waals surface area contributed by atoms with E-state index in [1.807, 2.05) is 12.1 Å². The van der Waals surface area contributed by atoms with Gasteiger partial charge in [0.15, 0.2) is 0 Å². The van der Waals surface area contributed by atoms with Crippen LogP contribution in [0.15, 0.2) is 36.4 Å². The van der Waals surface area contributed by atoms with Crippen molar-refractivity contribution in [2.75, 3.05) is 0 Å². The van der Waals surface area contributed by atoms with Crippen LogP contribution in [0.1, 0.15) is 55.8 Å². The van der Waals surface area contributed by atoms with Gasteiger partial charge in [-0.15, -0.1) is 0 Å². The summed E-state index contributed by atoms with van der Waals surface area (Å²) in [5.41, 5.74) is 3.27. The van der Waals surface area contributed by atoms with Crippen molar-refractivity contribution in [1.29, 1.82) is 0 Å². The minimum atomic E-state index is 0.750. The second-order valence-electron chi connectivity index (χ2n) is 6.48. The minimum Gasteiger partial charge on any atom is -0.340 e. The first-order valence-corrected chi connectivity index (χ1v) is 9.99. The Hall–Kier alpha value is -1.36. The third-order valence-electron chi connectivity index (χ3n) is 4.72. The number of aldehydes is 1. The number of halogens is 1. The highest BCUT2D eigenvalue weighted by atomic mass is 127. The number of benzene rings is 2. The summed E-state index contributed by atoms with van der Waals surface area (Å²) in [4.78, 5) is 11.1. The molecule has 3 heteroatoms. The van der Waals surface area contributed by atoms with E-state index >= 15 is 0 Å². The number of carbonyl (C=O) groups is 1. The van der Waals surface area contributed by atoms with Crippen LogP contribution >= 0.6 is 22.6 Å². The Morgan fingerprint density at radius 1 is 0.917 bits per heavy atom. The number of hydrogen-bond acceptors (Lipinski definition) is 1. The number of aromatic nitrogens is 1. The van der Waals surface area contributed by atoms with E-state index in [0.29, 0.717) is 0 Å². The van der Waals surface area contributed by atoms with Gasteiger partial charge >= 0.3 is 0 Å². The van der Waals surface area contributed by atoms with Crippen LogP contribution < -0.4 is 0 Å². The van der Waals surface area contributed by atoms with Gasteiger partial charge in [0.1, 0.15) is 6.29 Å². The number of rotatable bonds is 8. The third kappa shape index (κ3) is 3.66. The van der Waals surface area contributed by atoms with E-state index in [2.05, 4.69) is 58.3 Å². The van der Waals surface area contributed by atoms with Crippen LogP contribution in [0.5, 0.6) is 0 Å². The first-order chi connectivity index (χ1) is 11.7. The van der Waals surface area contributed by atoms with Crippen LogP contribution in [0, 0.1) is 3.57 Å². The van der Waals surface area contributed by atoms with E-state index in [4.69, 9.17) is 0 Å². The Morgan fingerprint density at radius 3 is 2.33 bits per heavy atom. The predicted molar refractivity (Wildman–Crippen MR) is 111 cm³/mol. The highest BCUT2D eigenvalue weighted by Crippen LogP contribution is 2.31. The van der Waals surface area contributed by atoms with Gasteiger partial charge < -0.3 is 4.57 Å². The molecule has 126 valence electrons. The molecule has 2 nitrogen and oxygen atoms in total. The third-order valence-corrected chi connectivity index (χ3v) is 5.39.